The first kappa shape index (κ1) is 26.7. The maximum atomic E-state index is 6.10. The van der Waals surface area contributed by atoms with E-state index in [-0.39, 0.29) is 17.6 Å². The molecule has 0 N–H and O–H groups in total. The molecule has 202 valence electrons. The van der Waals surface area contributed by atoms with Crippen molar-refractivity contribution in [2.45, 2.75) is 38.4 Å². The summed E-state index contributed by atoms with van der Waals surface area (Å²) < 4.78 is 33.3. The summed E-state index contributed by atoms with van der Waals surface area (Å²) in [4.78, 5) is 0. The SMILES string of the molecule is CC(C)(C)c1cc(-c2ccc(-c3ccc(OCCOCC4CO4)cc3)cc2)ccc1OCCOCC1CO1. The lowest BCUT2D eigenvalue weighted by atomic mass is 9.84. The van der Waals surface area contributed by atoms with Crippen LogP contribution in [0, 0.1) is 0 Å². The first-order chi connectivity index (χ1) is 18.5. The van der Waals surface area contributed by atoms with E-state index in [4.69, 9.17) is 28.4 Å². The highest BCUT2D eigenvalue weighted by atomic mass is 16.6. The highest BCUT2D eigenvalue weighted by molar-refractivity contribution is 5.72. The molecule has 0 radical (unpaired) electrons. The number of ether oxygens (including phenoxy) is 6. The van der Waals surface area contributed by atoms with Crippen molar-refractivity contribution in [1.82, 2.24) is 0 Å². The molecule has 2 saturated heterocycles. The molecule has 0 bridgehead atoms. The van der Waals surface area contributed by atoms with Gasteiger partial charge >= 0.3 is 0 Å². The van der Waals surface area contributed by atoms with Crippen molar-refractivity contribution >= 4 is 0 Å². The second-order valence-electron chi connectivity index (χ2n) is 10.8. The Labute approximate surface area is 225 Å². The van der Waals surface area contributed by atoms with Gasteiger partial charge in [-0.25, -0.2) is 0 Å². The summed E-state index contributed by atoms with van der Waals surface area (Å²) in [5.74, 6) is 1.76. The third kappa shape index (κ3) is 7.81. The van der Waals surface area contributed by atoms with Gasteiger partial charge in [0.2, 0.25) is 0 Å². The van der Waals surface area contributed by atoms with E-state index in [0.717, 1.165) is 30.3 Å². The molecule has 3 aromatic rings. The molecule has 0 spiro atoms. The molecule has 0 saturated carbocycles. The van der Waals surface area contributed by atoms with Crippen LogP contribution >= 0.6 is 0 Å². The zero-order chi connectivity index (χ0) is 26.4. The Balaban J connectivity index is 1.18. The van der Waals surface area contributed by atoms with E-state index in [0.29, 0.717) is 39.6 Å². The van der Waals surface area contributed by atoms with Crippen LogP contribution in [-0.4, -0.2) is 65.1 Å². The van der Waals surface area contributed by atoms with Gasteiger partial charge in [0, 0.05) is 5.56 Å². The Morgan fingerprint density at radius 1 is 0.632 bits per heavy atom. The normalized spacial score (nSPS) is 18.3. The topological polar surface area (TPSA) is 62.0 Å². The lowest BCUT2D eigenvalue weighted by molar-refractivity contribution is 0.0873. The van der Waals surface area contributed by atoms with E-state index in [9.17, 15) is 0 Å². The Kier molecular flexibility index (Phi) is 8.65. The molecular weight excluding hydrogens is 480 g/mol. The molecule has 6 heteroatoms. The third-order valence-electron chi connectivity index (χ3n) is 6.59. The van der Waals surface area contributed by atoms with Gasteiger partial charge in [0.05, 0.1) is 39.6 Å². The Bertz CT molecular complexity index is 1160. The van der Waals surface area contributed by atoms with Gasteiger partial charge in [-0.2, -0.15) is 0 Å². The van der Waals surface area contributed by atoms with Crippen molar-refractivity contribution in [3.8, 4) is 33.8 Å². The largest absolute Gasteiger partial charge is 0.491 e. The number of hydrogen-bond acceptors (Lipinski definition) is 6. The summed E-state index contributed by atoms with van der Waals surface area (Å²) in [6, 6.07) is 23.3. The molecule has 0 aliphatic carbocycles. The first-order valence-electron chi connectivity index (χ1n) is 13.5. The molecule has 5 rings (SSSR count). The lowest BCUT2D eigenvalue weighted by Crippen LogP contribution is -2.16. The lowest BCUT2D eigenvalue weighted by Gasteiger charge is -2.24. The molecule has 2 fully saturated rings. The van der Waals surface area contributed by atoms with Crippen LogP contribution in [-0.2, 0) is 24.4 Å². The Morgan fingerprint density at radius 3 is 1.63 bits per heavy atom. The summed E-state index contributed by atoms with van der Waals surface area (Å²) in [6.45, 7) is 11.8. The molecule has 3 aromatic carbocycles. The van der Waals surface area contributed by atoms with E-state index in [1.165, 1.54) is 22.3 Å². The summed E-state index contributed by atoms with van der Waals surface area (Å²) in [5.41, 5.74) is 5.81. The Morgan fingerprint density at radius 2 is 1.11 bits per heavy atom. The molecule has 0 aromatic heterocycles. The first-order valence-corrected chi connectivity index (χ1v) is 13.5. The minimum absolute atomic E-state index is 0.0461. The standard InChI is InChI=1S/C32H38O6/c1-32(2,3)30-18-26(10-13-31(30)36-17-15-34-20-29-22-38-29)25-6-4-23(5-7-25)24-8-11-27(12-9-24)35-16-14-33-19-28-21-37-28/h4-13,18,28-29H,14-17,19-22H2,1-3H3. The minimum atomic E-state index is -0.0461. The average molecular weight is 519 g/mol. The van der Waals surface area contributed by atoms with Crippen LogP contribution in [0.1, 0.15) is 26.3 Å². The maximum absolute atomic E-state index is 6.10. The Hall–Kier alpha value is -2.90. The summed E-state index contributed by atoms with van der Waals surface area (Å²) in [6.07, 6.45) is 0.569. The van der Waals surface area contributed by atoms with Crippen LogP contribution in [0.15, 0.2) is 66.7 Å². The van der Waals surface area contributed by atoms with Crippen LogP contribution in [0.4, 0.5) is 0 Å². The van der Waals surface area contributed by atoms with Crippen molar-refractivity contribution in [2.75, 3.05) is 52.9 Å². The van der Waals surface area contributed by atoms with E-state index in [1.807, 2.05) is 12.1 Å². The van der Waals surface area contributed by atoms with Gasteiger partial charge in [0.25, 0.3) is 0 Å². The van der Waals surface area contributed by atoms with Crippen molar-refractivity contribution in [3.63, 3.8) is 0 Å². The molecule has 2 aliphatic rings. The summed E-state index contributed by atoms with van der Waals surface area (Å²) in [7, 11) is 0. The van der Waals surface area contributed by atoms with Gasteiger partial charge in [-0.15, -0.1) is 0 Å². The smallest absolute Gasteiger partial charge is 0.123 e. The van der Waals surface area contributed by atoms with Crippen LogP contribution in [0.25, 0.3) is 22.3 Å². The second-order valence-corrected chi connectivity index (χ2v) is 10.8. The van der Waals surface area contributed by atoms with Crippen molar-refractivity contribution in [2.24, 2.45) is 0 Å². The molecule has 0 amide bonds. The van der Waals surface area contributed by atoms with Crippen molar-refractivity contribution in [1.29, 1.82) is 0 Å². The van der Waals surface area contributed by atoms with Gasteiger partial charge in [0.1, 0.15) is 36.9 Å². The average Bonchev–Trinajstić information content (AvgIpc) is 3.85. The molecular formula is C32H38O6. The highest BCUT2D eigenvalue weighted by Gasteiger charge is 2.23. The van der Waals surface area contributed by atoms with Crippen LogP contribution in [0.3, 0.4) is 0 Å². The van der Waals surface area contributed by atoms with E-state index < -0.39 is 0 Å². The van der Waals surface area contributed by atoms with Gasteiger partial charge in [-0.3, -0.25) is 0 Å². The van der Waals surface area contributed by atoms with E-state index in [1.54, 1.807) is 0 Å². The molecule has 2 heterocycles. The second kappa shape index (κ2) is 12.3. The predicted molar refractivity (Wildman–Crippen MR) is 148 cm³/mol. The fourth-order valence-corrected chi connectivity index (χ4v) is 4.21. The maximum Gasteiger partial charge on any atom is 0.123 e. The summed E-state index contributed by atoms with van der Waals surface area (Å²) in [5, 5.41) is 0. The number of hydrogen-bond donors (Lipinski definition) is 0. The molecule has 6 nitrogen and oxygen atoms in total. The molecule has 2 unspecified atom stereocenters. The third-order valence-corrected chi connectivity index (χ3v) is 6.59. The number of benzene rings is 3. The fraction of sp³-hybridized carbons (Fsp3) is 0.438. The zero-order valence-corrected chi connectivity index (χ0v) is 22.6. The molecule has 2 atom stereocenters. The summed E-state index contributed by atoms with van der Waals surface area (Å²) >= 11 is 0. The minimum Gasteiger partial charge on any atom is -0.491 e. The van der Waals surface area contributed by atoms with Crippen LogP contribution < -0.4 is 9.47 Å². The quantitative estimate of drug-likeness (QED) is 0.195. The monoisotopic (exact) mass is 518 g/mol. The van der Waals surface area contributed by atoms with Gasteiger partial charge in [0.15, 0.2) is 0 Å². The van der Waals surface area contributed by atoms with Crippen molar-refractivity contribution in [3.05, 3.63) is 72.3 Å². The molecule has 38 heavy (non-hydrogen) atoms. The van der Waals surface area contributed by atoms with Crippen LogP contribution in [0.2, 0.25) is 0 Å². The van der Waals surface area contributed by atoms with Crippen LogP contribution in [0.5, 0.6) is 11.5 Å². The van der Waals surface area contributed by atoms with Crippen molar-refractivity contribution < 1.29 is 28.4 Å². The highest BCUT2D eigenvalue weighted by Crippen LogP contribution is 2.36. The van der Waals surface area contributed by atoms with Gasteiger partial charge in [-0.05, 0) is 51.9 Å². The van der Waals surface area contributed by atoms with Gasteiger partial charge < -0.3 is 28.4 Å². The number of rotatable bonds is 14. The fourth-order valence-electron chi connectivity index (χ4n) is 4.21. The van der Waals surface area contributed by atoms with E-state index >= 15 is 0 Å². The number of epoxide rings is 2. The zero-order valence-electron chi connectivity index (χ0n) is 22.6. The molecule has 2 aliphatic heterocycles. The van der Waals surface area contributed by atoms with Gasteiger partial charge in [-0.1, -0.05) is 63.2 Å². The predicted octanol–water partition coefficient (Wildman–Crippen LogP) is 5.91. The van der Waals surface area contributed by atoms with E-state index in [2.05, 4.69) is 75.4 Å².